The minimum atomic E-state index is -0.611. The molecule has 0 aliphatic heterocycles. The molecule has 0 fully saturated rings. The van der Waals surface area contributed by atoms with Crippen LogP contribution < -0.4 is 14.3 Å². The van der Waals surface area contributed by atoms with Gasteiger partial charge in [0, 0.05) is 0 Å². The zero-order valence-electron chi connectivity index (χ0n) is 15.4. The van der Waals surface area contributed by atoms with Crippen LogP contribution in [0.1, 0.15) is 10.4 Å². The van der Waals surface area contributed by atoms with Gasteiger partial charge in [-0.05, 0) is 30.3 Å². The molecular weight excluding hydrogens is 387 g/mol. The Morgan fingerprint density at radius 2 is 1.79 bits per heavy atom. The van der Waals surface area contributed by atoms with E-state index in [1.807, 2.05) is 0 Å². The van der Waals surface area contributed by atoms with Crippen LogP contribution in [0, 0.1) is 5.82 Å². The molecule has 0 aliphatic rings. The van der Waals surface area contributed by atoms with Crippen LogP contribution in [0.3, 0.4) is 0 Å². The fraction of sp³-hybridized carbons (Fsp3) is 0.211. The molecule has 1 aromatic heterocycles. The number of carbonyl (C=O) groups excluding carboxylic acids is 2. The number of amides is 1. The first-order chi connectivity index (χ1) is 13.5. The Hall–Kier alpha value is -3.20. The van der Waals surface area contributed by atoms with Gasteiger partial charge < -0.3 is 18.8 Å². The lowest BCUT2D eigenvalue weighted by Gasteiger charge is -2.09. The summed E-state index contributed by atoms with van der Waals surface area (Å²) in [5.74, 6) is -0.949. The standard InChI is InChI=1S/C19H17FN2O5S/c1-25-13-5-4-6-14(26-2)17(13)18(24)21-19-22(10-16(23)27-3)12-8-7-11(20)9-15(12)28-19/h4-9H,10H2,1-3H3. The number of aromatic nitrogens is 1. The van der Waals surface area contributed by atoms with Crippen molar-refractivity contribution in [2.24, 2.45) is 4.99 Å². The predicted octanol–water partition coefficient (Wildman–Crippen LogP) is 2.77. The summed E-state index contributed by atoms with van der Waals surface area (Å²) in [7, 11) is 4.13. The molecule has 0 saturated carbocycles. The minimum absolute atomic E-state index is 0.153. The summed E-state index contributed by atoms with van der Waals surface area (Å²) < 4.78 is 30.9. The molecule has 0 bridgehead atoms. The molecule has 1 heterocycles. The lowest BCUT2D eigenvalue weighted by Crippen LogP contribution is -2.22. The number of nitrogens with zero attached hydrogens (tertiary/aromatic N) is 2. The van der Waals surface area contributed by atoms with E-state index in [2.05, 4.69) is 4.99 Å². The Morgan fingerprint density at radius 1 is 1.11 bits per heavy atom. The second kappa shape index (κ2) is 8.22. The van der Waals surface area contributed by atoms with Crippen LogP contribution in [0.4, 0.5) is 4.39 Å². The number of fused-ring (bicyclic) bond motifs is 1. The van der Waals surface area contributed by atoms with Crippen molar-refractivity contribution in [3.05, 3.63) is 52.6 Å². The van der Waals surface area contributed by atoms with Gasteiger partial charge in [0.25, 0.3) is 5.91 Å². The van der Waals surface area contributed by atoms with E-state index in [4.69, 9.17) is 14.2 Å². The van der Waals surface area contributed by atoms with Crippen molar-refractivity contribution in [2.75, 3.05) is 21.3 Å². The van der Waals surface area contributed by atoms with Crippen molar-refractivity contribution in [1.82, 2.24) is 4.57 Å². The Kier molecular flexibility index (Phi) is 5.74. The number of thiazole rings is 1. The van der Waals surface area contributed by atoms with Gasteiger partial charge in [0.15, 0.2) is 4.80 Å². The summed E-state index contributed by atoms with van der Waals surface area (Å²) in [6.45, 7) is -0.169. The van der Waals surface area contributed by atoms with Crippen LogP contribution >= 0.6 is 11.3 Å². The largest absolute Gasteiger partial charge is 0.496 e. The second-order valence-corrected chi connectivity index (χ2v) is 6.62. The maximum absolute atomic E-state index is 13.6. The summed E-state index contributed by atoms with van der Waals surface area (Å²) in [4.78, 5) is 29.1. The van der Waals surface area contributed by atoms with Crippen LogP contribution in [0.5, 0.6) is 11.5 Å². The molecule has 0 radical (unpaired) electrons. The molecule has 28 heavy (non-hydrogen) atoms. The van der Waals surface area contributed by atoms with Crippen molar-refractivity contribution in [3.63, 3.8) is 0 Å². The van der Waals surface area contributed by atoms with Gasteiger partial charge in [0.05, 0.1) is 31.5 Å². The topological polar surface area (TPSA) is 79.1 Å². The van der Waals surface area contributed by atoms with Gasteiger partial charge in [-0.2, -0.15) is 4.99 Å². The van der Waals surface area contributed by atoms with E-state index in [0.717, 1.165) is 11.3 Å². The number of ether oxygens (including phenoxy) is 3. The normalized spacial score (nSPS) is 11.5. The molecule has 1 amide bonds. The summed E-state index contributed by atoms with van der Waals surface area (Å²) in [5.41, 5.74) is 0.719. The molecule has 0 saturated heterocycles. The summed E-state index contributed by atoms with van der Waals surface area (Å²) in [6.07, 6.45) is 0. The van der Waals surface area contributed by atoms with Crippen LogP contribution in [-0.2, 0) is 16.1 Å². The maximum Gasteiger partial charge on any atom is 0.325 e. The van der Waals surface area contributed by atoms with Crippen LogP contribution in [0.2, 0.25) is 0 Å². The highest BCUT2D eigenvalue weighted by molar-refractivity contribution is 7.16. The average molecular weight is 404 g/mol. The molecule has 9 heteroatoms. The van der Waals surface area contributed by atoms with Crippen molar-refractivity contribution >= 4 is 33.4 Å². The highest BCUT2D eigenvalue weighted by atomic mass is 32.1. The number of esters is 1. The predicted molar refractivity (Wildman–Crippen MR) is 101 cm³/mol. The van der Waals surface area contributed by atoms with Gasteiger partial charge in [0.1, 0.15) is 29.4 Å². The molecule has 0 atom stereocenters. The van der Waals surface area contributed by atoms with E-state index in [0.29, 0.717) is 21.7 Å². The smallest absolute Gasteiger partial charge is 0.325 e. The molecule has 146 valence electrons. The van der Waals surface area contributed by atoms with E-state index in [1.54, 1.807) is 18.2 Å². The first-order valence-electron chi connectivity index (χ1n) is 8.14. The maximum atomic E-state index is 13.6. The van der Waals surface area contributed by atoms with Crippen LogP contribution in [0.15, 0.2) is 41.4 Å². The molecule has 3 aromatic rings. The number of methoxy groups -OCH3 is 3. The van der Waals surface area contributed by atoms with Gasteiger partial charge in [-0.1, -0.05) is 17.4 Å². The van der Waals surface area contributed by atoms with E-state index in [1.165, 1.54) is 44.1 Å². The van der Waals surface area contributed by atoms with Gasteiger partial charge >= 0.3 is 5.97 Å². The number of hydrogen-bond donors (Lipinski definition) is 0. The minimum Gasteiger partial charge on any atom is -0.496 e. The number of rotatable bonds is 5. The van der Waals surface area contributed by atoms with Gasteiger partial charge in [-0.25, -0.2) is 4.39 Å². The van der Waals surface area contributed by atoms with Crippen molar-refractivity contribution < 1.29 is 28.2 Å². The third kappa shape index (κ3) is 3.74. The molecular formula is C19H17FN2O5S. The quantitative estimate of drug-likeness (QED) is 0.611. The molecule has 2 aromatic carbocycles. The molecule has 0 aliphatic carbocycles. The fourth-order valence-corrected chi connectivity index (χ4v) is 3.74. The van der Waals surface area contributed by atoms with E-state index in [9.17, 15) is 14.0 Å². The third-order valence-electron chi connectivity index (χ3n) is 4.00. The number of carbonyl (C=O) groups is 2. The van der Waals surface area contributed by atoms with E-state index in [-0.39, 0.29) is 16.9 Å². The highest BCUT2D eigenvalue weighted by Gasteiger charge is 2.19. The summed E-state index contributed by atoms with van der Waals surface area (Å²) >= 11 is 1.09. The van der Waals surface area contributed by atoms with Crippen LogP contribution in [-0.4, -0.2) is 37.8 Å². The Labute approximate surface area is 163 Å². The molecule has 3 rings (SSSR count). The SMILES string of the molecule is COC(=O)Cn1c(=NC(=O)c2c(OC)cccc2OC)sc2cc(F)ccc21. The number of hydrogen-bond acceptors (Lipinski definition) is 6. The second-order valence-electron chi connectivity index (χ2n) is 5.61. The molecule has 0 N–H and O–H groups in total. The zero-order valence-corrected chi connectivity index (χ0v) is 16.2. The average Bonchev–Trinajstić information content (AvgIpc) is 3.02. The summed E-state index contributed by atoms with van der Waals surface area (Å²) in [5, 5.41) is 0. The lowest BCUT2D eigenvalue weighted by molar-refractivity contribution is -0.141. The Bertz CT molecular complexity index is 1100. The highest BCUT2D eigenvalue weighted by Crippen LogP contribution is 2.29. The molecule has 0 unspecified atom stereocenters. The number of halogens is 1. The Morgan fingerprint density at radius 3 is 2.39 bits per heavy atom. The van der Waals surface area contributed by atoms with Crippen LogP contribution in [0.25, 0.3) is 10.2 Å². The van der Waals surface area contributed by atoms with Crippen molar-refractivity contribution in [2.45, 2.75) is 6.54 Å². The van der Waals surface area contributed by atoms with E-state index < -0.39 is 17.7 Å². The van der Waals surface area contributed by atoms with Gasteiger partial charge in [0.2, 0.25) is 0 Å². The third-order valence-corrected chi connectivity index (χ3v) is 5.04. The molecule has 0 spiro atoms. The zero-order chi connectivity index (χ0) is 20.3. The van der Waals surface area contributed by atoms with Gasteiger partial charge in [-0.3, -0.25) is 9.59 Å². The van der Waals surface area contributed by atoms with Crippen molar-refractivity contribution in [3.8, 4) is 11.5 Å². The fourth-order valence-electron chi connectivity index (χ4n) is 2.68. The monoisotopic (exact) mass is 404 g/mol. The summed E-state index contributed by atoms with van der Waals surface area (Å²) in [6, 6.07) is 9.05. The number of benzene rings is 2. The first-order valence-corrected chi connectivity index (χ1v) is 8.96. The van der Waals surface area contributed by atoms with Crippen molar-refractivity contribution in [1.29, 1.82) is 0 Å². The molecule has 7 nitrogen and oxygen atoms in total. The first kappa shape index (κ1) is 19.6. The Balaban J connectivity index is 2.20. The lowest BCUT2D eigenvalue weighted by atomic mass is 10.1. The van der Waals surface area contributed by atoms with Gasteiger partial charge in [-0.15, -0.1) is 0 Å². The van der Waals surface area contributed by atoms with E-state index >= 15 is 0 Å².